The molecule has 2 amide bonds. The maximum absolute atomic E-state index is 12.2. The van der Waals surface area contributed by atoms with E-state index in [2.05, 4.69) is 5.32 Å². The Kier molecular flexibility index (Phi) is 4.93. The topological polar surface area (TPSA) is 58.6 Å². The fourth-order valence-electron chi connectivity index (χ4n) is 2.07. The molecule has 2 atom stereocenters. The molecular weight excluding hydrogens is 220 g/mol. The number of nitrogens with zero attached hydrogens (tertiary/aromatic N) is 1. The molecule has 1 saturated heterocycles. The Morgan fingerprint density at radius 1 is 1.47 bits per heavy atom. The standard InChI is InChI=1S/C12H22N2O3/c1-5-9(7-17-4)14-6-10(15)13-11(8(2)3)12(14)16/h8-9,11H,5-7H2,1-4H3,(H,13,15). The number of piperazine rings is 1. The van der Waals surface area contributed by atoms with E-state index in [1.165, 1.54) is 0 Å². The molecule has 0 aromatic carbocycles. The first-order valence-electron chi connectivity index (χ1n) is 6.10. The van der Waals surface area contributed by atoms with Crippen molar-refractivity contribution in [1.82, 2.24) is 10.2 Å². The van der Waals surface area contributed by atoms with E-state index < -0.39 is 6.04 Å². The Morgan fingerprint density at radius 3 is 2.59 bits per heavy atom. The Morgan fingerprint density at radius 2 is 2.12 bits per heavy atom. The lowest BCUT2D eigenvalue weighted by Crippen LogP contribution is -2.62. The van der Waals surface area contributed by atoms with E-state index in [4.69, 9.17) is 4.74 Å². The molecule has 5 nitrogen and oxygen atoms in total. The number of methoxy groups -OCH3 is 1. The van der Waals surface area contributed by atoms with Gasteiger partial charge in [-0.1, -0.05) is 20.8 Å². The molecule has 0 aromatic heterocycles. The Balaban J connectivity index is 2.82. The molecule has 1 N–H and O–H groups in total. The van der Waals surface area contributed by atoms with Crippen LogP contribution in [-0.2, 0) is 14.3 Å². The molecule has 1 heterocycles. The zero-order valence-corrected chi connectivity index (χ0v) is 11.0. The second kappa shape index (κ2) is 6.00. The maximum Gasteiger partial charge on any atom is 0.246 e. The van der Waals surface area contributed by atoms with Crippen LogP contribution in [0.5, 0.6) is 0 Å². The van der Waals surface area contributed by atoms with Gasteiger partial charge >= 0.3 is 0 Å². The second-order valence-electron chi connectivity index (χ2n) is 4.77. The summed E-state index contributed by atoms with van der Waals surface area (Å²) >= 11 is 0. The van der Waals surface area contributed by atoms with Gasteiger partial charge in [0.2, 0.25) is 11.8 Å². The van der Waals surface area contributed by atoms with Gasteiger partial charge in [-0.05, 0) is 12.3 Å². The molecular formula is C12H22N2O3. The van der Waals surface area contributed by atoms with E-state index in [1.54, 1.807) is 12.0 Å². The first-order chi connectivity index (χ1) is 8.01. The number of amides is 2. The van der Waals surface area contributed by atoms with Crippen LogP contribution in [0.4, 0.5) is 0 Å². The van der Waals surface area contributed by atoms with Crippen molar-refractivity contribution in [1.29, 1.82) is 0 Å². The summed E-state index contributed by atoms with van der Waals surface area (Å²) in [6.45, 7) is 6.48. The highest BCUT2D eigenvalue weighted by molar-refractivity contribution is 5.95. The molecule has 0 bridgehead atoms. The summed E-state index contributed by atoms with van der Waals surface area (Å²) in [6.07, 6.45) is 0.789. The quantitative estimate of drug-likeness (QED) is 0.759. The van der Waals surface area contributed by atoms with Gasteiger partial charge in [-0.3, -0.25) is 9.59 Å². The van der Waals surface area contributed by atoms with Crippen molar-refractivity contribution in [3.05, 3.63) is 0 Å². The van der Waals surface area contributed by atoms with Crippen LogP contribution in [0.15, 0.2) is 0 Å². The van der Waals surface area contributed by atoms with Crippen LogP contribution < -0.4 is 5.32 Å². The Bertz CT molecular complexity index is 291. The number of carbonyl (C=O) groups is 2. The van der Waals surface area contributed by atoms with Crippen molar-refractivity contribution < 1.29 is 14.3 Å². The summed E-state index contributed by atoms with van der Waals surface area (Å²) < 4.78 is 5.10. The number of hydrogen-bond acceptors (Lipinski definition) is 3. The van der Waals surface area contributed by atoms with Crippen LogP contribution in [0.25, 0.3) is 0 Å². The molecule has 0 spiro atoms. The molecule has 0 radical (unpaired) electrons. The van der Waals surface area contributed by atoms with E-state index in [1.807, 2.05) is 20.8 Å². The first kappa shape index (κ1) is 14.0. The Hall–Kier alpha value is -1.10. The van der Waals surface area contributed by atoms with Gasteiger partial charge < -0.3 is 15.0 Å². The average molecular weight is 242 g/mol. The van der Waals surface area contributed by atoms with Crippen LogP contribution in [0.1, 0.15) is 27.2 Å². The van der Waals surface area contributed by atoms with Crippen molar-refractivity contribution in [2.24, 2.45) is 5.92 Å². The third kappa shape index (κ3) is 3.19. The molecule has 98 valence electrons. The molecule has 5 heteroatoms. The predicted octanol–water partition coefficient (Wildman–Crippen LogP) is 0.394. The lowest BCUT2D eigenvalue weighted by atomic mass is 9.99. The summed E-state index contributed by atoms with van der Waals surface area (Å²) in [7, 11) is 1.61. The third-order valence-electron chi connectivity index (χ3n) is 3.12. The van der Waals surface area contributed by atoms with Gasteiger partial charge in [0, 0.05) is 7.11 Å². The highest BCUT2D eigenvalue weighted by Crippen LogP contribution is 2.15. The number of ether oxygens (including phenoxy) is 1. The fourth-order valence-corrected chi connectivity index (χ4v) is 2.07. The monoisotopic (exact) mass is 242 g/mol. The van der Waals surface area contributed by atoms with Gasteiger partial charge in [-0.2, -0.15) is 0 Å². The second-order valence-corrected chi connectivity index (χ2v) is 4.77. The average Bonchev–Trinajstić information content (AvgIpc) is 2.28. The molecule has 1 aliphatic rings. The smallest absolute Gasteiger partial charge is 0.246 e. The van der Waals surface area contributed by atoms with Crippen LogP contribution in [-0.4, -0.2) is 49.1 Å². The molecule has 1 rings (SSSR count). The molecule has 2 unspecified atom stereocenters. The van der Waals surface area contributed by atoms with Crippen LogP contribution in [0.2, 0.25) is 0 Å². The number of hydrogen-bond donors (Lipinski definition) is 1. The summed E-state index contributed by atoms with van der Waals surface area (Å²) in [5, 5.41) is 2.75. The van der Waals surface area contributed by atoms with Crippen molar-refractivity contribution in [3.63, 3.8) is 0 Å². The van der Waals surface area contributed by atoms with E-state index in [0.29, 0.717) is 6.61 Å². The van der Waals surface area contributed by atoms with E-state index in [9.17, 15) is 9.59 Å². The van der Waals surface area contributed by atoms with Gasteiger partial charge in [0.15, 0.2) is 0 Å². The van der Waals surface area contributed by atoms with Crippen LogP contribution in [0, 0.1) is 5.92 Å². The lowest BCUT2D eigenvalue weighted by molar-refractivity contribution is -0.149. The first-order valence-corrected chi connectivity index (χ1v) is 6.10. The number of rotatable bonds is 5. The normalized spacial score (nSPS) is 22.9. The van der Waals surface area contributed by atoms with Crippen LogP contribution >= 0.6 is 0 Å². The predicted molar refractivity (Wildman–Crippen MR) is 64.4 cm³/mol. The molecule has 0 aromatic rings. The maximum atomic E-state index is 12.2. The number of carbonyl (C=O) groups excluding carboxylic acids is 2. The van der Waals surface area contributed by atoms with Gasteiger partial charge in [-0.25, -0.2) is 0 Å². The van der Waals surface area contributed by atoms with Gasteiger partial charge in [-0.15, -0.1) is 0 Å². The molecule has 0 saturated carbocycles. The van der Waals surface area contributed by atoms with E-state index in [0.717, 1.165) is 6.42 Å². The number of nitrogens with one attached hydrogen (secondary N) is 1. The SMILES string of the molecule is CCC(COC)N1CC(=O)NC(C(C)C)C1=O. The van der Waals surface area contributed by atoms with Crippen molar-refractivity contribution in [2.45, 2.75) is 39.3 Å². The largest absolute Gasteiger partial charge is 0.383 e. The molecule has 1 aliphatic heterocycles. The summed E-state index contributed by atoms with van der Waals surface area (Å²) in [6, 6.07) is -0.415. The van der Waals surface area contributed by atoms with Gasteiger partial charge in [0.05, 0.1) is 19.2 Å². The van der Waals surface area contributed by atoms with E-state index in [-0.39, 0.29) is 30.3 Å². The molecule has 1 fully saturated rings. The molecule has 17 heavy (non-hydrogen) atoms. The minimum absolute atomic E-state index is 0.00324. The zero-order chi connectivity index (χ0) is 13.0. The van der Waals surface area contributed by atoms with Crippen molar-refractivity contribution in [2.75, 3.05) is 20.3 Å². The zero-order valence-electron chi connectivity index (χ0n) is 11.0. The van der Waals surface area contributed by atoms with Gasteiger partial charge in [0.1, 0.15) is 6.04 Å². The summed E-state index contributed by atoms with van der Waals surface area (Å²) in [5.41, 5.74) is 0. The molecule has 0 aliphatic carbocycles. The van der Waals surface area contributed by atoms with Gasteiger partial charge in [0.25, 0.3) is 0 Å². The van der Waals surface area contributed by atoms with Crippen LogP contribution in [0.3, 0.4) is 0 Å². The highest BCUT2D eigenvalue weighted by Gasteiger charge is 2.37. The van der Waals surface area contributed by atoms with Crippen molar-refractivity contribution >= 4 is 11.8 Å². The van der Waals surface area contributed by atoms with Crippen molar-refractivity contribution in [3.8, 4) is 0 Å². The van der Waals surface area contributed by atoms with E-state index >= 15 is 0 Å². The highest BCUT2D eigenvalue weighted by atomic mass is 16.5. The third-order valence-corrected chi connectivity index (χ3v) is 3.12. The lowest BCUT2D eigenvalue weighted by Gasteiger charge is -2.38. The summed E-state index contributed by atoms with van der Waals surface area (Å²) in [5.74, 6) is 0.0238. The fraction of sp³-hybridized carbons (Fsp3) is 0.833. The minimum atomic E-state index is -0.401. The minimum Gasteiger partial charge on any atom is -0.383 e. The Labute approximate surface area is 102 Å². The summed E-state index contributed by atoms with van der Waals surface area (Å²) in [4.78, 5) is 25.5.